The van der Waals surface area contributed by atoms with E-state index in [0.29, 0.717) is 0 Å². The van der Waals surface area contributed by atoms with E-state index < -0.39 is 5.60 Å². The molecule has 1 N–H and O–H groups in total. The largest absolute Gasteiger partial charge is 0.386 e. The van der Waals surface area contributed by atoms with Gasteiger partial charge in [0.05, 0.1) is 5.60 Å². The van der Waals surface area contributed by atoms with Gasteiger partial charge in [0.1, 0.15) is 0 Å². The molecule has 0 heterocycles. The van der Waals surface area contributed by atoms with Crippen molar-refractivity contribution in [2.24, 2.45) is 0 Å². The minimum absolute atomic E-state index is 0.774. The molecule has 0 atom stereocenters. The normalized spacial score (nSPS) is 11.5. The summed E-state index contributed by atoms with van der Waals surface area (Å²) in [6.45, 7) is 5.71. The van der Waals surface area contributed by atoms with Crippen LogP contribution >= 0.6 is 0 Å². The Labute approximate surface area is 103 Å². The first kappa shape index (κ1) is 11.9. The Balaban J connectivity index is 2.40. The Morgan fingerprint density at radius 3 is 2.00 bits per heavy atom. The molecule has 1 heteroatoms. The second-order valence-corrected chi connectivity index (χ2v) is 4.95. The third-order valence-corrected chi connectivity index (χ3v) is 3.05. The molecule has 1 nitrogen and oxygen atoms in total. The van der Waals surface area contributed by atoms with Gasteiger partial charge in [-0.15, -0.1) is 0 Å². The molecule has 0 aliphatic carbocycles. The number of rotatable bonds is 2. The number of benzene rings is 2. The van der Waals surface area contributed by atoms with E-state index in [1.54, 1.807) is 13.8 Å². The van der Waals surface area contributed by atoms with Crippen LogP contribution in [0.25, 0.3) is 11.1 Å². The van der Waals surface area contributed by atoms with Gasteiger partial charge in [0.15, 0.2) is 0 Å². The SMILES string of the molecule is Cc1ccccc1-c1ccc(C(C)(C)O)cc1. The van der Waals surface area contributed by atoms with Crippen molar-refractivity contribution in [3.05, 3.63) is 59.7 Å². The summed E-state index contributed by atoms with van der Waals surface area (Å²) in [7, 11) is 0. The number of hydrogen-bond donors (Lipinski definition) is 1. The molecule has 0 aliphatic rings. The molecule has 0 unspecified atom stereocenters. The number of hydrogen-bond acceptors (Lipinski definition) is 1. The van der Waals surface area contributed by atoms with Crippen LogP contribution in [-0.2, 0) is 5.60 Å². The van der Waals surface area contributed by atoms with E-state index in [2.05, 4.69) is 31.2 Å². The molecular weight excluding hydrogens is 208 g/mol. The average molecular weight is 226 g/mol. The summed E-state index contributed by atoms with van der Waals surface area (Å²) in [6.07, 6.45) is 0. The van der Waals surface area contributed by atoms with Crippen LogP contribution in [0.15, 0.2) is 48.5 Å². The highest BCUT2D eigenvalue weighted by atomic mass is 16.3. The van der Waals surface area contributed by atoms with Crippen molar-refractivity contribution < 1.29 is 5.11 Å². The van der Waals surface area contributed by atoms with E-state index in [1.165, 1.54) is 16.7 Å². The molecule has 88 valence electrons. The molecule has 17 heavy (non-hydrogen) atoms. The summed E-state index contributed by atoms with van der Waals surface area (Å²) in [5.41, 5.74) is 3.87. The molecule has 0 amide bonds. The number of aliphatic hydroxyl groups is 1. The van der Waals surface area contributed by atoms with Gasteiger partial charge in [0.25, 0.3) is 0 Å². The van der Waals surface area contributed by atoms with Crippen molar-refractivity contribution in [1.29, 1.82) is 0 Å². The molecule has 2 aromatic carbocycles. The number of aryl methyl sites for hydroxylation is 1. The molecular formula is C16H18O. The third-order valence-electron chi connectivity index (χ3n) is 3.05. The smallest absolute Gasteiger partial charge is 0.0840 e. The highest BCUT2D eigenvalue weighted by Gasteiger charge is 2.15. The fourth-order valence-corrected chi connectivity index (χ4v) is 1.95. The van der Waals surface area contributed by atoms with Crippen molar-refractivity contribution in [3.63, 3.8) is 0 Å². The minimum Gasteiger partial charge on any atom is -0.386 e. The lowest BCUT2D eigenvalue weighted by atomic mass is 9.94. The molecule has 2 aromatic rings. The van der Waals surface area contributed by atoms with Crippen molar-refractivity contribution in [1.82, 2.24) is 0 Å². The van der Waals surface area contributed by atoms with Crippen LogP contribution in [0.3, 0.4) is 0 Å². The predicted molar refractivity (Wildman–Crippen MR) is 71.9 cm³/mol. The van der Waals surface area contributed by atoms with Crippen molar-refractivity contribution >= 4 is 0 Å². The van der Waals surface area contributed by atoms with Crippen molar-refractivity contribution in [2.75, 3.05) is 0 Å². The zero-order valence-corrected chi connectivity index (χ0v) is 10.6. The van der Waals surface area contributed by atoms with E-state index in [1.807, 2.05) is 24.3 Å². The van der Waals surface area contributed by atoms with E-state index in [4.69, 9.17) is 0 Å². The zero-order valence-electron chi connectivity index (χ0n) is 10.6. The van der Waals surface area contributed by atoms with Crippen LogP contribution < -0.4 is 0 Å². The van der Waals surface area contributed by atoms with Gasteiger partial charge in [-0.2, -0.15) is 0 Å². The molecule has 0 bridgehead atoms. The summed E-state index contributed by atoms with van der Waals surface area (Å²) in [6, 6.07) is 16.4. The monoisotopic (exact) mass is 226 g/mol. The lowest BCUT2D eigenvalue weighted by Crippen LogP contribution is -2.14. The highest BCUT2D eigenvalue weighted by Crippen LogP contribution is 2.26. The van der Waals surface area contributed by atoms with E-state index in [9.17, 15) is 5.11 Å². The predicted octanol–water partition coefficient (Wildman–Crippen LogP) is 3.89. The molecule has 0 aromatic heterocycles. The maximum Gasteiger partial charge on any atom is 0.0840 e. The van der Waals surface area contributed by atoms with E-state index >= 15 is 0 Å². The van der Waals surface area contributed by atoms with Crippen LogP contribution in [0.1, 0.15) is 25.0 Å². The highest BCUT2D eigenvalue weighted by molar-refractivity contribution is 5.67. The lowest BCUT2D eigenvalue weighted by Gasteiger charge is -2.18. The van der Waals surface area contributed by atoms with Gasteiger partial charge < -0.3 is 5.11 Å². The zero-order chi connectivity index (χ0) is 12.5. The van der Waals surface area contributed by atoms with Gasteiger partial charge in [0, 0.05) is 0 Å². The van der Waals surface area contributed by atoms with Gasteiger partial charge in [-0.1, -0.05) is 48.5 Å². The summed E-state index contributed by atoms with van der Waals surface area (Å²) in [5, 5.41) is 9.91. The minimum atomic E-state index is -0.774. The van der Waals surface area contributed by atoms with Crippen LogP contribution in [0.5, 0.6) is 0 Å². The van der Waals surface area contributed by atoms with Crippen molar-refractivity contribution in [2.45, 2.75) is 26.4 Å². The maximum absolute atomic E-state index is 9.91. The topological polar surface area (TPSA) is 20.2 Å². The van der Waals surface area contributed by atoms with Gasteiger partial charge >= 0.3 is 0 Å². The van der Waals surface area contributed by atoms with Crippen LogP contribution in [-0.4, -0.2) is 5.11 Å². The Kier molecular flexibility index (Phi) is 3.03. The summed E-state index contributed by atoms with van der Waals surface area (Å²) < 4.78 is 0. The fraction of sp³-hybridized carbons (Fsp3) is 0.250. The van der Waals surface area contributed by atoms with E-state index in [0.717, 1.165) is 5.56 Å². The Morgan fingerprint density at radius 2 is 1.47 bits per heavy atom. The fourth-order valence-electron chi connectivity index (χ4n) is 1.95. The molecule has 0 radical (unpaired) electrons. The average Bonchev–Trinajstić information content (AvgIpc) is 2.29. The van der Waals surface area contributed by atoms with Gasteiger partial charge in [-0.25, -0.2) is 0 Å². The first-order valence-corrected chi connectivity index (χ1v) is 5.87. The van der Waals surface area contributed by atoms with Crippen LogP contribution in [0.4, 0.5) is 0 Å². The molecule has 2 rings (SSSR count). The first-order chi connectivity index (χ1) is 7.98. The van der Waals surface area contributed by atoms with Gasteiger partial charge in [-0.05, 0) is 43.0 Å². The molecule has 0 saturated heterocycles. The summed E-state index contributed by atoms with van der Waals surface area (Å²) in [5.74, 6) is 0. The second kappa shape index (κ2) is 4.34. The summed E-state index contributed by atoms with van der Waals surface area (Å²) >= 11 is 0. The lowest BCUT2D eigenvalue weighted by molar-refractivity contribution is 0.0786. The molecule has 0 aliphatic heterocycles. The Hall–Kier alpha value is -1.60. The first-order valence-electron chi connectivity index (χ1n) is 5.87. The Bertz CT molecular complexity index is 504. The van der Waals surface area contributed by atoms with Gasteiger partial charge in [-0.3, -0.25) is 0 Å². The molecule has 0 saturated carbocycles. The quantitative estimate of drug-likeness (QED) is 0.823. The molecule has 0 fully saturated rings. The van der Waals surface area contributed by atoms with Crippen LogP contribution in [0, 0.1) is 6.92 Å². The molecule has 0 spiro atoms. The third kappa shape index (κ3) is 2.56. The standard InChI is InChI=1S/C16H18O/c1-12-6-4-5-7-15(12)13-8-10-14(11-9-13)16(2,3)17/h4-11,17H,1-3H3. The Morgan fingerprint density at radius 1 is 0.882 bits per heavy atom. The van der Waals surface area contributed by atoms with E-state index in [-0.39, 0.29) is 0 Å². The summed E-state index contributed by atoms with van der Waals surface area (Å²) in [4.78, 5) is 0. The van der Waals surface area contributed by atoms with Crippen LogP contribution in [0.2, 0.25) is 0 Å². The van der Waals surface area contributed by atoms with Crippen molar-refractivity contribution in [3.8, 4) is 11.1 Å². The second-order valence-electron chi connectivity index (χ2n) is 4.95. The van der Waals surface area contributed by atoms with Gasteiger partial charge in [0.2, 0.25) is 0 Å². The maximum atomic E-state index is 9.91.